The molecule has 0 bridgehead atoms. The number of nitrogens with one attached hydrogen (secondary N) is 2. The first kappa shape index (κ1) is 19.5. The van der Waals surface area contributed by atoms with Gasteiger partial charge in [0.05, 0.1) is 0 Å². The lowest BCUT2D eigenvalue weighted by molar-refractivity contribution is -0.124. The molecule has 0 radical (unpaired) electrons. The minimum Gasteiger partial charge on any atom is -0.354 e. The third-order valence-corrected chi connectivity index (χ3v) is 4.74. The molecule has 0 spiro atoms. The number of ketones is 1. The zero-order chi connectivity index (χ0) is 20.3. The first-order valence-electron chi connectivity index (χ1n) is 9.35. The molecule has 7 nitrogen and oxygen atoms in total. The maximum absolute atomic E-state index is 12.8. The standard InChI is InChI=1S/C21H24N4O3/c1-4-18(21(28)22-10-9-15-11-20(27)24-14(3)23-15)25-12-17(13(2)26)16-7-5-6-8-19(16)25/h5-8,11-12,18H,4,9-10H2,1-3H3,(H,22,28)(H,23,24,27)/t18-/m0/s1. The molecule has 3 aromatic rings. The lowest BCUT2D eigenvalue weighted by Gasteiger charge is -2.18. The minimum atomic E-state index is -0.424. The van der Waals surface area contributed by atoms with Crippen LogP contribution in [0.5, 0.6) is 0 Å². The van der Waals surface area contributed by atoms with Crippen molar-refractivity contribution in [3.63, 3.8) is 0 Å². The van der Waals surface area contributed by atoms with Crippen molar-refractivity contribution in [2.45, 2.75) is 39.7 Å². The first-order valence-corrected chi connectivity index (χ1v) is 9.35. The zero-order valence-corrected chi connectivity index (χ0v) is 16.3. The van der Waals surface area contributed by atoms with Gasteiger partial charge < -0.3 is 14.9 Å². The van der Waals surface area contributed by atoms with E-state index in [1.54, 1.807) is 13.1 Å². The van der Waals surface area contributed by atoms with Gasteiger partial charge in [0, 0.05) is 47.4 Å². The Morgan fingerprint density at radius 1 is 1.29 bits per heavy atom. The number of para-hydroxylation sites is 1. The van der Waals surface area contributed by atoms with E-state index in [0.717, 1.165) is 10.9 Å². The second kappa shape index (κ2) is 8.21. The highest BCUT2D eigenvalue weighted by atomic mass is 16.2. The summed E-state index contributed by atoms with van der Waals surface area (Å²) in [6.07, 6.45) is 2.82. The Labute approximate surface area is 162 Å². The Morgan fingerprint density at radius 3 is 2.71 bits per heavy atom. The number of aryl methyl sites for hydroxylation is 1. The molecule has 0 unspecified atom stereocenters. The molecular formula is C21H24N4O3. The Morgan fingerprint density at radius 2 is 2.04 bits per heavy atom. The van der Waals surface area contributed by atoms with Gasteiger partial charge in [0.2, 0.25) is 5.91 Å². The normalized spacial score (nSPS) is 12.1. The minimum absolute atomic E-state index is 0.0269. The van der Waals surface area contributed by atoms with Gasteiger partial charge in [-0.3, -0.25) is 14.4 Å². The van der Waals surface area contributed by atoms with Crippen molar-refractivity contribution in [2.24, 2.45) is 0 Å². The summed E-state index contributed by atoms with van der Waals surface area (Å²) >= 11 is 0. The van der Waals surface area contributed by atoms with Crippen molar-refractivity contribution in [1.82, 2.24) is 19.9 Å². The predicted molar refractivity (Wildman–Crippen MR) is 108 cm³/mol. The van der Waals surface area contributed by atoms with Crippen molar-refractivity contribution in [2.75, 3.05) is 6.54 Å². The number of carbonyl (C=O) groups excluding carboxylic acids is 2. The molecule has 0 saturated heterocycles. The first-order chi connectivity index (χ1) is 13.4. The summed E-state index contributed by atoms with van der Waals surface area (Å²) in [5, 5.41) is 3.78. The van der Waals surface area contributed by atoms with Crippen LogP contribution >= 0.6 is 0 Å². The van der Waals surface area contributed by atoms with Gasteiger partial charge in [0.15, 0.2) is 5.78 Å². The van der Waals surface area contributed by atoms with Crippen LogP contribution in [0.1, 0.15) is 48.2 Å². The Bertz CT molecular complexity index is 1080. The number of amides is 1. The molecule has 2 N–H and O–H groups in total. The van der Waals surface area contributed by atoms with E-state index in [2.05, 4.69) is 15.3 Å². The van der Waals surface area contributed by atoms with Gasteiger partial charge in [-0.2, -0.15) is 0 Å². The Hall–Kier alpha value is -3.22. The van der Waals surface area contributed by atoms with Crippen molar-refractivity contribution in [3.8, 4) is 0 Å². The molecule has 1 amide bonds. The molecule has 28 heavy (non-hydrogen) atoms. The van der Waals surface area contributed by atoms with Crippen LogP contribution in [0.3, 0.4) is 0 Å². The molecule has 3 rings (SSSR count). The number of carbonyl (C=O) groups is 2. The van der Waals surface area contributed by atoms with E-state index in [0.29, 0.717) is 36.5 Å². The molecule has 0 aliphatic rings. The van der Waals surface area contributed by atoms with Crippen molar-refractivity contribution >= 4 is 22.6 Å². The molecule has 1 aromatic carbocycles. The van der Waals surface area contributed by atoms with E-state index < -0.39 is 6.04 Å². The molecule has 0 saturated carbocycles. The maximum atomic E-state index is 12.8. The van der Waals surface area contributed by atoms with Gasteiger partial charge in [0.1, 0.15) is 11.9 Å². The van der Waals surface area contributed by atoms with Gasteiger partial charge in [0.25, 0.3) is 5.56 Å². The largest absolute Gasteiger partial charge is 0.354 e. The van der Waals surface area contributed by atoms with E-state index >= 15 is 0 Å². The highest BCUT2D eigenvalue weighted by Gasteiger charge is 2.22. The van der Waals surface area contributed by atoms with Gasteiger partial charge in [-0.05, 0) is 26.3 Å². The zero-order valence-electron chi connectivity index (χ0n) is 16.3. The number of fused-ring (bicyclic) bond motifs is 1. The molecule has 0 fully saturated rings. The number of benzene rings is 1. The molecule has 2 heterocycles. The molecule has 7 heteroatoms. The van der Waals surface area contributed by atoms with Gasteiger partial charge in [-0.25, -0.2) is 4.98 Å². The fourth-order valence-electron chi connectivity index (χ4n) is 3.45. The molecular weight excluding hydrogens is 356 g/mol. The Kier molecular flexibility index (Phi) is 5.73. The molecule has 1 atom stereocenters. The lowest BCUT2D eigenvalue weighted by Crippen LogP contribution is -2.33. The van der Waals surface area contributed by atoms with E-state index in [-0.39, 0.29) is 17.2 Å². The highest BCUT2D eigenvalue weighted by Crippen LogP contribution is 2.26. The molecule has 0 aliphatic carbocycles. The summed E-state index contributed by atoms with van der Waals surface area (Å²) in [5.74, 6) is 0.400. The number of rotatable bonds is 7. The summed E-state index contributed by atoms with van der Waals surface area (Å²) in [6.45, 7) is 5.57. The van der Waals surface area contributed by atoms with Gasteiger partial charge >= 0.3 is 0 Å². The number of hydrogen-bond donors (Lipinski definition) is 2. The number of H-pyrrole nitrogens is 1. The van der Waals surface area contributed by atoms with Gasteiger partial charge in [-0.1, -0.05) is 25.1 Å². The van der Waals surface area contributed by atoms with E-state index in [9.17, 15) is 14.4 Å². The van der Waals surface area contributed by atoms with Crippen LogP contribution in [-0.2, 0) is 11.2 Å². The molecule has 2 aromatic heterocycles. The highest BCUT2D eigenvalue weighted by molar-refractivity contribution is 6.07. The number of aromatic nitrogens is 3. The summed E-state index contributed by atoms with van der Waals surface area (Å²) in [4.78, 5) is 43.2. The van der Waals surface area contributed by atoms with Crippen molar-refractivity contribution < 1.29 is 9.59 Å². The predicted octanol–water partition coefficient (Wildman–Crippen LogP) is 2.55. The van der Waals surface area contributed by atoms with E-state index in [1.165, 1.54) is 13.0 Å². The lowest BCUT2D eigenvalue weighted by atomic mass is 10.1. The summed E-state index contributed by atoms with van der Waals surface area (Å²) in [6, 6.07) is 8.61. The second-order valence-corrected chi connectivity index (χ2v) is 6.81. The number of aromatic amines is 1. The van der Waals surface area contributed by atoms with Crippen molar-refractivity contribution in [3.05, 3.63) is 64.0 Å². The SMILES string of the molecule is CC[C@@H](C(=O)NCCc1cc(=O)[nH]c(C)n1)n1cc(C(C)=O)c2ccccc21. The average Bonchev–Trinajstić information content (AvgIpc) is 3.01. The van der Waals surface area contributed by atoms with Crippen LogP contribution < -0.4 is 10.9 Å². The topological polar surface area (TPSA) is 96.8 Å². The third-order valence-electron chi connectivity index (χ3n) is 4.74. The Balaban J connectivity index is 1.78. The third kappa shape index (κ3) is 4.03. The quantitative estimate of drug-likeness (QED) is 0.616. The number of Topliss-reactive ketones (excluding diaryl/α,β-unsaturated/α-hetero) is 1. The van der Waals surface area contributed by atoms with Gasteiger partial charge in [-0.15, -0.1) is 0 Å². The second-order valence-electron chi connectivity index (χ2n) is 6.81. The van der Waals surface area contributed by atoms with Crippen LogP contribution in [0.4, 0.5) is 0 Å². The molecule has 146 valence electrons. The number of hydrogen-bond acceptors (Lipinski definition) is 4. The van der Waals surface area contributed by atoms with Crippen LogP contribution in [0, 0.1) is 6.92 Å². The average molecular weight is 380 g/mol. The summed E-state index contributed by atoms with van der Waals surface area (Å²) < 4.78 is 1.87. The van der Waals surface area contributed by atoms with Crippen LogP contribution in [0.2, 0.25) is 0 Å². The summed E-state index contributed by atoms with van der Waals surface area (Å²) in [5.41, 5.74) is 1.92. The fourth-order valence-corrected chi connectivity index (χ4v) is 3.45. The fraction of sp³-hybridized carbons (Fsp3) is 0.333. The summed E-state index contributed by atoms with van der Waals surface area (Å²) in [7, 11) is 0. The monoisotopic (exact) mass is 380 g/mol. The maximum Gasteiger partial charge on any atom is 0.251 e. The van der Waals surface area contributed by atoms with Crippen LogP contribution in [-0.4, -0.2) is 32.8 Å². The van der Waals surface area contributed by atoms with E-state index in [4.69, 9.17) is 0 Å². The van der Waals surface area contributed by atoms with Crippen molar-refractivity contribution in [1.29, 1.82) is 0 Å². The van der Waals surface area contributed by atoms with E-state index in [1.807, 2.05) is 35.8 Å². The smallest absolute Gasteiger partial charge is 0.251 e. The number of nitrogens with zero attached hydrogens (tertiary/aromatic N) is 2. The molecule has 0 aliphatic heterocycles. The van der Waals surface area contributed by atoms with Crippen LogP contribution in [0.25, 0.3) is 10.9 Å². The van der Waals surface area contributed by atoms with Crippen LogP contribution in [0.15, 0.2) is 41.3 Å².